The lowest BCUT2D eigenvalue weighted by Crippen LogP contribution is -1.99. The molecule has 0 atom stereocenters. The van der Waals surface area contributed by atoms with Crippen molar-refractivity contribution in [3.63, 3.8) is 0 Å². The first-order valence-corrected chi connectivity index (χ1v) is 4.26. The van der Waals surface area contributed by atoms with Gasteiger partial charge in [0.25, 0.3) is 10.1 Å². The van der Waals surface area contributed by atoms with E-state index in [9.17, 15) is 8.42 Å². The van der Waals surface area contributed by atoms with E-state index in [1.54, 1.807) is 12.3 Å². The van der Waals surface area contributed by atoms with Crippen LogP contribution in [0, 0.1) is 0 Å². The van der Waals surface area contributed by atoms with Crippen molar-refractivity contribution >= 4 is 10.1 Å². The van der Waals surface area contributed by atoms with Crippen molar-refractivity contribution in [1.29, 1.82) is 0 Å². The van der Waals surface area contributed by atoms with Crippen LogP contribution in [-0.4, -0.2) is 18.0 Å². The fraction of sp³-hybridized carbons (Fsp3) is 0.200. The van der Waals surface area contributed by atoms with Crippen LogP contribution in [0.1, 0.15) is 5.56 Å². The van der Waals surface area contributed by atoms with Gasteiger partial charge >= 0.3 is 0 Å². The highest BCUT2D eigenvalue weighted by Crippen LogP contribution is 2.01. The molecule has 0 spiro atoms. The molecule has 0 aliphatic carbocycles. The van der Waals surface area contributed by atoms with E-state index >= 15 is 0 Å². The Bertz CT molecular complexity index is 287. The van der Waals surface area contributed by atoms with Crippen LogP contribution >= 0.6 is 0 Å². The van der Waals surface area contributed by atoms with Crippen LogP contribution < -0.4 is 0 Å². The maximum Gasteiger partial charge on any atom is 0.269 e. The van der Waals surface area contributed by atoms with E-state index in [0.717, 1.165) is 0 Å². The molecular weight excluding hydrogens is 154 g/mol. The third kappa shape index (κ3) is 2.20. The minimum atomic E-state index is -3.87. The monoisotopic (exact) mass is 161 g/mol. The van der Waals surface area contributed by atoms with Gasteiger partial charge in [-0.3, -0.25) is 4.55 Å². The lowest BCUT2D eigenvalue weighted by atomic mass is 10.4. The van der Waals surface area contributed by atoms with Crippen molar-refractivity contribution in [2.24, 2.45) is 0 Å². The van der Waals surface area contributed by atoms with E-state index in [-0.39, 0.29) is 5.75 Å². The van der Waals surface area contributed by atoms with Gasteiger partial charge in [-0.25, -0.2) is 0 Å². The van der Waals surface area contributed by atoms with Crippen molar-refractivity contribution < 1.29 is 13.0 Å². The molecule has 10 heavy (non-hydrogen) atoms. The summed E-state index contributed by atoms with van der Waals surface area (Å²) in [6, 6.07) is 1.59. The average molecular weight is 161 g/mol. The van der Waals surface area contributed by atoms with E-state index in [0.29, 0.717) is 5.56 Å². The van der Waals surface area contributed by atoms with E-state index < -0.39 is 10.1 Å². The van der Waals surface area contributed by atoms with Crippen molar-refractivity contribution in [3.05, 3.63) is 24.0 Å². The van der Waals surface area contributed by atoms with Gasteiger partial charge in [0.2, 0.25) is 0 Å². The molecule has 4 nitrogen and oxygen atoms in total. The molecule has 56 valence electrons. The number of nitrogens with one attached hydrogen (secondary N) is 1. The van der Waals surface area contributed by atoms with Crippen molar-refractivity contribution in [1.82, 2.24) is 4.98 Å². The molecule has 1 heterocycles. The van der Waals surface area contributed by atoms with Gasteiger partial charge < -0.3 is 4.98 Å². The van der Waals surface area contributed by atoms with Crippen molar-refractivity contribution in [3.8, 4) is 0 Å². The summed E-state index contributed by atoms with van der Waals surface area (Å²) in [6.45, 7) is 0. The number of aromatic nitrogens is 1. The zero-order valence-electron chi connectivity index (χ0n) is 5.11. The van der Waals surface area contributed by atoms with E-state index in [1.807, 2.05) is 0 Å². The smallest absolute Gasteiger partial charge is 0.269 e. The molecule has 0 saturated carbocycles. The lowest BCUT2D eigenvalue weighted by molar-refractivity contribution is 0.482. The summed E-state index contributed by atoms with van der Waals surface area (Å²) in [6.07, 6.45) is 3.12. The Hall–Kier alpha value is -0.810. The van der Waals surface area contributed by atoms with Crippen LogP contribution in [-0.2, 0) is 15.9 Å². The Morgan fingerprint density at radius 1 is 1.60 bits per heavy atom. The minimum absolute atomic E-state index is 0.323. The first-order chi connectivity index (χ1) is 4.58. The molecule has 1 aromatic heterocycles. The van der Waals surface area contributed by atoms with Crippen LogP contribution in [0.4, 0.5) is 0 Å². The molecule has 1 aromatic rings. The molecule has 0 unspecified atom stereocenters. The van der Waals surface area contributed by atoms with Gasteiger partial charge in [0, 0.05) is 12.4 Å². The first kappa shape index (κ1) is 7.30. The molecule has 0 saturated heterocycles. The van der Waals surface area contributed by atoms with E-state index in [4.69, 9.17) is 4.55 Å². The number of rotatable bonds is 2. The lowest BCUT2D eigenvalue weighted by Gasteiger charge is -1.89. The average Bonchev–Trinajstić information content (AvgIpc) is 2.12. The molecule has 0 amide bonds. The van der Waals surface area contributed by atoms with Crippen LogP contribution in [0.3, 0.4) is 0 Å². The second-order valence-electron chi connectivity index (χ2n) is 1.95. The highest BCUT2D eigenvalue weighted by molar-refractivity contribution is 7.85. The Balaban J connectivity index is 2.75. The van der Waals surface area contributed by atoms with E-state index in [1.165, 1.54) is 6.20 Å². The molecule has 0 aliphatic heterocycles. The minimum Gasteiger partial charge on any atom is -0.367 e. The molecule has 0 aliphatic rings. The quantitative estimate of drug-likeness (QED) is 0.617. The third-order valence-corrected chi connectivity index (χ3v) is 1.71. The molecule has 2 N–H and O–H groups in total. The second-order valence-corrected chi connectivity index (χ2v) is 3.40. The number of hydrogen-bond acceptors (Lipinski definition) is 2. The zero-order valence-corrected chi connectivity index (χ0v) is 5.93. The van der Waals surface area contributed by atoms with Gasteiger partial charge in [-0.05, 0) is 11.6 Å². The summed E-state index contributed by atoms with van der Waals surface area (Å²) in [7, 11) is -3.87. The molecular formula is C5H7NO3S. The summed E-state index contributed by atoms with van der Waals surface area (Å²) in [5.74, 6) is -0.323. The molecule has 0 radical (unpaired) electrons. The van der Waals surface area contributed by atoms with Gasteiger partial charge in [-0.1, -0.05) is 0 Å². The van der Waals surface area contributed by atoms with Gasteiger partial charge in [0.15, 0.2) is 0 Å². The largest absolute Gasteiger partial charge is 0.367 e. The van der Waals surface area contributed by atoms with E-state index in [2.05, 4.69) is 4.98 Å². The second kappa shape index (κ2) is 2.43. The maximum atomic E-state index is 10.2. The highest BCUT2D eigenvalue weighted by atomic mass is 32.2. The molecule has 0 aromatic carbocycles. The number of H-pyrrole nitrogens is 1. The number of aromatic amines is 1. The predicted molar refractivity (Wildman–Crippen MR) is 36.0 cm³/mol. The Labute approximate surface area is 58.6 Å². The van der Waals surface area contributed by atoms with Crippen LogP contribution in [0.5, 0.6) is 0 Å². The predicted octanol–water partition coefficient (Wildman–Crippen LogP) is 0.403. The van der Waals surface area contributed by atoms with Crippen LogP contribution in [0.25, 0.3) is 0 Å². The summed E-state index contributed by atoms with van der Waals surface area (Å²) in [5.41, 5.74) is 0.558. The normalized spacial score (nSPS) is 11.7. The fourth-order valence-electron chi connectivity index (χ4n) is 0.659. The summed E-state index contributed by atoms with van der Waals surface area (Å²) >= 11 is 0. The SMILES string of the molecule is O=S(=O)(O)Cc1cc[nH]c1. The van der Waals surface area contributed by atoms with Gasteiger partial charge in [-0.15, -0.1) is 0 Å². The Morgan fingerprint density at radius 2 is 2.30 bits per heavy atom. The Kier molecular flexibility index (Phi) is 1.78. The summed E-state index contributed by atoms with van der Waals surface area (Å²) in [4.78, 5) is 2.68. The zero-order chi connectivity index (χ0) is 7.61. The third-order valence-electron chi connectivity index (χ3n) is 1.01. The van der Waals surface area contributed by atoms with Gasteiger partial charge in [0.05, 0.1) is 0 Å². The fourth-order valence-corrected chi connectivity index (χ4v) is 1.26. The van der Waals surface area contributed by atoms with Crippen LogP contribution in [0.15, 0.2) is 18.5 Å². The standard InChI is InChI=1S/C5H7NO3S/c7-10(8,9)4-5-1-2-6-3-5/h1-3,6H,4H2,(H,7,8,9). The maximum absolute atomic E-state index is 10.2. The number of hydrogen-bond donors (Lipinski definition) is 2. The van der Waals surface area contributed by atoms with Crippen molar-refractivity contribution in [2.75, 3.05) is 0 Å². The van der Waals surface area contributed by atoms with Crippen molar-refractivity contribution in [2.45, 2.75) is 5.75 Å². The first-order valence-electron chi connectivity index (χ1n) is 2.65. The van der Waals surface area contributed by atoms with Gasteiger partial charge in [0.1, 0.15) is 5.75 Å². The summed E-state index contributed by atoms with van der Waals surface area (Å²) in [5, 5.41) is 0. The summed E-state index contributed by atoms with van der Waals surface area (Å²) < 4.78 is 28.8. The molecule has 0 bridgehead atoms. The molecule has 0 fully saturated rings. The van der Waals surface area contributed by atoms with Gasteiger partial charge in [-0.2, -0.15) is 8.42 Å². The Morgan fingerprint density at radius 3 is 2.70 bits per heavy atom. The molecule has 1 rings (SSSR count). The highest BCUT2D eigenvalue weighted by Gasteiger charge is 2.05. The molecule has 5 heteroatoms. The topological polar surface area (TPSA) is 70.2 Å². The van der Waals surface area contributed by atoms with Crippen LogP contribution in [0.2, 0.25) is 0 Å².